The first kappa shape index (κ1) is 14.3. The second kappa shape index (κ2) is 6.86. The van der Waals surface area contributed by atoms with Crippen LogP contribution in [0.25, 0.3) is 0 Å². The molecule has 0 saturated carbocycles. The van der Waals surface area contributed by atoms with Crippen molar-refractivity contribution in [3.05, 3.63) is 47.4 Å². The molecule has 0 aliphatic rings. The van der Waals surface area contributed by atoms with Gasteiger partial charge in [-0.25, -0.2) is 4.98 Å². The van der Waals surface area contributed by atoms with Crippen molar-refractivity contribution in [1.29, 1.82) is 0 Å². The van der Waals surface area contributed by atoms with Crippen LogP contribution in [0.1, 0.15) is 17.0 Å². The molecule has 0 aliphatic heterocycles. The Kier molecular flexibility index (Phi) is 4.90. The molecule has 0 aliphatic carbocycles. The van der Waals surface area contributed by atoms with Crippen molar-refractivity contribution in [2.45, 2.75) is 20.4 Å². The molecule has 5 heteroatoms. The number of rotatable bonds is 6. The SMILES string of the molecule is COCCn1c(C)cc(C=NNc2ccccn2)c1C. The number of pyridine rings is 1. The molecule has 1 N–H and O–H groups in total. The molecule has 0 bridgehead atoms. The maximum Gasteiger partial charge on any atom is 0.146 e. The van der Waals surface area contributed by atoms with E-state index in [1.165, 1.54) is 11.4 Å². The Morgan fingerprint density at radius 2 is 2.25 bits per heavy atom. The Labute approximate surface area is 119 Å². The van der Waals surface area contributed by atoms with Crippen molar-refractivity contribution in [2.75, 3.05) is 19.1 Å². The number of aromatic nitrogens is 2. The number of hydrazone groups is 1. The molecule has 0 spiro atoms. The minimum absolute atomic E-state index is 0.707. The molecule has 5 nitrogen and oxygen atoms in total. The number of ether oxygens (including phenoxy) is 1. The number of methoxy groups -OCH3 is 1. The zero-order valence-corrected chi connectivity index (χ0v) is 12.1. The van der Waals surface area contributed by atoms with E-state index in [9.17, 15) is 0 Å². The van der Waals surface area contributed by atoms with Gasteiger partial charge in [0.1, 0.15) is 5.82 Å². The minimum atomic E-state index is 0.707. The molecule has 0 radical (unpaired) electrons. The summed E-state index contributed by atoms with van der Waals surface area (Å²) in [5.41, 5.74) is 6.41. The normalized spacial score (nSPS) is 11.2. The monoisotopic (exact) mass is 272 g/mol. The molecule has 2 aromatic heterocycles. The molecular weight excluding hydrogens is 252 g/mol. The summed E-state index contributed by atoms with van der Waals surface area (Å²) >= 11 is 0. The Hall–Kier alpha value is -2.14. The summed E-state index contributed by atoms with van der Waals surface area (Å²) < 4.78 is 7.36. The predicted octanol–water partition coefficient (Wildman–Crippen LogP) is 2.59. The van der Waals surface area contributed by atoms with E-state index in [0.717, 1.165) is 17.9 Å². The fourth-order valence-corrected chi connectivity index (χ4v) is 2.08. The largest absolute Gasteiger partial charge is 0.383 e. The Balaban J connectivity index is 2.06. The molecule has 0 unspecified atom stereocenters. The number of nitrogens with zero attached hydrogens (tertiary/aromatic N) is 3. The van der Waals surface area contributed by atoms with E-state index in [1.54, 1.807) is 13.3 Å². The van der Waals surface area contributed by atoms with E-state index in [1.807, 2.05) is 24.4 Å². The lowest BCUT2D eigenvalue weighted by atomic mass is 10.3. The minimum Gasteiger partial charge on any atom is -0.383 e. The molecular formula is C15H20N4O. The second-order valence-electron chi connectivity index (χ2n) is 4.56. The van der Waals surface area contributed by atoms with Crippen LogP contribution in [-0.2, 0) is 11.3 Å². The fraction of sp³-hybridized carbons (Fsp3) is 0.333. The van der Waals surface area contributed by atoms with Crippen LogP contribution in [0.5, 0.6) is 0 Å². The second-order valence-corrected chi connectivity index (χ2v) is 4.56. The summed E-state index contributed by atoms with van der Waals surface area (Å²) in [6, 6.07) is 7.79. The fourth-order valence-electron chi connectivity index (χ4n) is 2.08. The maximum atomic E-state index is 5.13. The number of aryl methyl sites for hydroxylation is 1. The first-order valence-electron chi connectivity index (χ1n) is 6.58. The third kappa shape index (κ3) is 3.45. The standard InChI is InChI=1S/C15H20N4O/c1-12-10-14(13(2)19(12)8-9-20-3)11-17-18-15-6-4-5-7-16-15/h4-7,10-11H,8-9H2,1-3H3,(H,16,18). The molecule has 2 heterocycles. The van der Waals surface area contributed by atoms with Crippen molar-refractivity contribution >= 4 is 12.0 Å². The maximum absolute atomic E-state index is 5.13. The zero-order chi connectivity index (χ0) is 14.4. The van der Waals surface area contributed by atoms with Crippen LogP contribution in [0.2, 0.25) is 0 Å². The number of anilines is 1. The van der Waals surface area contributed by atoms with Gasteiger partial charge in [0.05, 0.1) is 12.8 Å². The van der Waals surface area contributed by atoms with Gasteiger partial charge in [-0.05, 0) is 32.0 Å². The van der Waals surface area contributed by atoms with Gasteiger partial charge in [0.2, 0.25) is 0 Å². The molecule has 0 aromatic carbocycles. The lowest BCUT2D eigenvalue weighted by Gasteiger charge is -2.08. The van der Waals surface area contributed by atoms with Crippen LogP contribution in [0.3, 0.4) is 0 Å². The van der Waals surface area contributed by atoms with E-state index in [-0.39, 0.29) is 0 Å². The highest BCUT2D eigenvalue weighted by Gasteiger charge is 2.06. The van der Waals surface area contributed by atoms with Crippen molar-refractivity contribution in [1.82, 2.24) is 9.55 Å². The average molecular weight is 272 g/mol. The summed E-state index contributed by atoms with van der Waals surface area (Å²) in [5, 5.41) is 4.23. The molecule has 2 rings (SSSR count). The molecule has 0 atom stereocenters. The Bertz CT molecular complexity index is 575. The van der Waals surface area contributed by atoms with Crippen molar-refractivity contribution in [3.8, 4) is 0 Å². The first-order chi connectivity index (χ1) is 9.72. The number of nitrogens with one attached hydrogen (secondary N) is 1. The molecule has 0 saturated heterocycles. The zero-order valence-electron chi connectivity index (χ0n) is 12.1. The van der Waals surface area contributed by atoms with E-state index in [2.05, 4.69) is 40.0 Å². The van der Waals surface area contributed by atoms with Gasteiger partial charge < -0.3 is 9.30 Å². The van der Waals surface area contributed by atoms with E-state index < -0.39 is 0 Å². The molecule has 106 valence electrons. The van der Waals surface area contributed by atoms with E-state index in [0.29, 0.717) is 6.61 Å². The van der Waals surface area contributed by atoms with Gasteiger partial charge in [0.15, 0.2) is 0 Å². The Morgan fingerprint density at radius 3 is 2.95 bits per heavy atom. The summed E-state index contributed by atoms with van der Waals surface area (Å²) in [6.07, 6.45) is 3.55. The van der Waals surface area contributed by atoms with Gasteiger partial charge in [-0.15, -0.1) is 0 Å². The molecule has 0 fully saturated rings. The summed E-state index contributed by atoms with van der Waals surface area (Å²) in [6.45, 7) is 5.74. The van der Waals surface area contributed by atoms with Gasteiger partial charge in [0.25, 0.3) is 0 Å². The lowest BCUT2D eigenvalue weighted by Crippen LogP contribution is -2.07. The van der Waals surface area contributed by atoms with Gasteiger partial charge >= 0.3 is 0 Å². The quantitative estimate of drug-likeness (QED) is 0.649. The summed E-state index contributed by atoms with van der Waals surface area (Å²) in [4.78, 5) is 4.15. The third-order valence-electron chi connectivity index (χ3n) is 3.18. The van der Waals surface area contributed by atoms with Gasteiger partial charge in [-0.1, -0.05) is 6.07 Å². The molecule has 0 amide bonds. The molecule has 20 heavy (non-hydrogen) atoms. The third-order valence-corrected chi connectivity index (χ3v) is 3.18. The highest BCUT2D eigenvalue weighted by molar-refractivity contribution is 5.82. The average Bonchev–Trinajstić information content (AvgIpc) is 2.73. The van der Waals surface area contributed by atoms with Gasteiger partial charge in [-0.2, -0.15) is 5.10 Å². The molecule has 2 aromatic rings. The van der Waals surface area contributed by atoms with Crippen molar-refractivity contribution < 1.29 is 4.74 Å². The summed E-state index contributed by atoms with van der Waals surface area (Å²) in [5.74, 6) is 0.733. The van der Waals surface area contributed by atoms with Crippen LogP contribution >= 0.6 is 0 Å². The van der Waals surface area contributed by atoms with Crippen molar-refractivity contribution in [2.24, 2.45) is 5.10 Å². The number of hydrogen-bond acceptors (Lipinski definition) is 4. The van der Waals surface area contributed by atoms with Crippen molar-refractivity contribution in [3.63, 3.8) is 0 Å². The summed E-state index contributed by atoms with van der Waals surface area (Å²) in [7, 11) is 1.72. The van der Waals surface area contributed by atoms with Gasteiger partial charge in [0, 0.05) is 36.8 Å². The van der Waals surface area contributed by atoms with Crippen LogP contribution in [0.4, 0.5) is 5.82 Å². The highest BCUT2D eigenvalue weighted by atomic mass is 16.5. The van der Waals surface area contributed by atoms with Crippen LogP contribution < -0.4 is 5.43 Å². The topological polar surface area (TPSA) is 51.4 Å². The smallest absolute Gasteiger partial charge is 0.146 e. The van der Waals surface area contributed by atoms with E-state index in [4.69, 9.17) is 4.74 Å². The van der Waals surface area contributed by atoms with Crippen LogP contribution in [0.15, 0.2) is 35.6 Å². The van der Waals surface area contributed by atoms with Crippen LogP contribution in [0, 0.1) is 13.8 Å². The van der Waals surface area contributed by atoms with Gasteiger partial charge in [-0.3, -0.25) is 5.43 Å². The Morgan fingerprint density at radius 1 is 1.40 bits per heavy atom. The predicted molar refractivity (Wildman–Crippen MR) is 81.2 cm³/mol. The van der Waals surface area contributed by atoms with Crippen LogP contribution in [-0.4, -0.2) is 29.5 Å². The highest BCUT2D eigenvalue weighted by Crippen LogP contribution is 2.13. The van der Waals surface area contributed by atoms with E-state index >= 15 is 0 Å². The first-order valence-corrected chi connectivity index (χ1v) is 6.58. The lowest BCUT2D eigenvalue weighted by molar-refractivity contribution is 0.186. The number of hydrogen-bond donors (Lipinski definition) is 1.